The van der Waals surface area contributed by atoms with Crippen molar-refractivity contribution >= 4 is 0 Å². The molecule has 1 N–H and O–H groups in total. The van der Waals surface area contributed by atoms with E-state index in [4.69, 9.17) is 4.74 Å². The lowest BCUT2D eigenvalue weighted by Crippen LogP contribution is -2.38. The largest absolute Gasteiger partial charge is 0.367 e. The first kappa shape index (κ1) is 15.2. The monoisotopic (exact) mass is 278 g/mol. The summed E-state index contributed by atoms with van der Waals surface area (Å²) in [4.78, 5) is 19.5. The zero-order valence-corrected chi connectivity index (χ0v) is 12.9. The minimum atomic E-state index is -0.385. The van der Waals surface area contributed by atoms with Gasteiger partial charge in [-0.2, -0.15) is 0 Å². The number of nitrogens with zero attached hydrogens (tertiary/aromatic N) is 1. The third-order valence-electron chi connectivity index (χ3n) is 4.24. The summed E-state index contributed by atoms with van der Waals surface area (Å²) in [5, 5.41) is 0. The van der Waals surface area contributed by atoms with Crippen LogP contribution in [-0.2, 0) is 16.8 Å². The Morgan fingerprint density at radius 2 is 2.10 bits per heavy atom. The number of ether oxygens (including phenoxy) is 1. The van der Waals surface area contributed by atoms with E-state index in [1.54, 1.807) is 6.07 Å². The van der Waals surface area contributed by atoms with Crippen molar-refractivity contribution < 1.29 is 4.74 Å². The van der Waals surface area contributed by atoms with Crippen molar-refractivity contribution in [3.63, 3.8) is 0 Å². The minimum absolute atomic E-state index is 0.0591. The molecule has 1 aliphatic carbocycles. The van der Waals surface area contributed by atoms with Crippen LogP contribution in [0, 0.1) is 5.92 Å². The first-order valence-electron chi connectivity index (χ1n) is 7.84. The number of aromatic amines is 1. The molecule has 2 rings (SSSR count). The lowest BCUT2D eigenvalue weighted by molar-refractivity contribution is -0.0839. The van der Waals surface area contributed by atoms with E-state index in [2.05, 4.69) is 23.8 Å². The second-order valence-corrected chi connectivity index (χ2v) is 5.95. The highest BCUT2D eigenvalue weighted by molar-refractivity contribution is 5.10. The van der Waals surface area contributed by atoms with Crippen molar-refractivity contribution in [1.29, 1.82) is 0 Å². The molecule has 1 fully saturated rings. The van der Waals surface area contributed by atoms with Crippen LogP contribution >= 0.6 is 0 Å². The Kier molecular flexibility index (Phi) is 4.97. The number of aryl methyl sites for hydroxylation is 1. The summed E-state index contributed by atoms with van der Waals surface area (Å²) in [7, 11) is 0. The quantitative estimate of drug-likeness (QED) is 0.900. The average Bonchev–Trinajstić information content (AvgIpc) is 2.42. The fraction of sp³-hybridized carbons (Fsp3) is 0.750. The van der Waals surface area contributed by atoms with E-state index in [1.807, 2.05) is 6.92 Å². The second kappa shape index (κ2) is 6.53. The van der Waals surface area contributed by atoms with Crippen LogP contribution in [0.1, 0.15) is 64.4 Å². The molecule has 20 heavy (non-hydrogen) atoms. The van der Waals surface area contributed by atoms with Gasteiger partial charge >= 0.3 is 0 Å². The standard InChI is InChI=1S/C16H26N2O2/c1-4-6-13-11-14(19)18-15(17-13)16(20-5-2)9-7-12(3)8-10-16/h11-12H,4-10H2,1-3H3,(H,17,18,19). The van der Waals surface area contributed by atoms with Crippen LogP contribution in [0.5, 0.6) is 0 Å². The molecule has 1 heterocycles. The average molecular weight is 278 g/mol. The summed E-state index contributed by atoms with van der Waals surface area (Å²) in [6, 6.07) is 1.61. The summed E-state index contributed by atoms with van der Waals surface area (Å²) < 4.78 is 6.06. The zero-order chi connectivity index (χ0) is 14.6. The Morgan fingerprint density at radius 1 is 1.40 bits per heavy atom. The van der Waals surface area contributed by atoms with Gasteiger partial charge in [-0.15, -0.1) is 0 Å². The maximum absolute atomic E-state index is 11.9. The molecule has 1 aliphatic rings. The second-order valence-electron chi connectivity index (χ2n) is 5.95. The predicted octanol–water partition coefficient (Wildman–Crippen LogP) is 3.16. The van der Waals surface area contributed by atoms with Gasteiger partial charge in [-0.25, -0.2) is 4.98 Å². The van der Waals surface area contributed by atoms with E-state index in [0.717, 1.165) is 56.0 Å². The molecule has 0 spiro atoms. The summed E-state index contributed by atoms with van der Waals surface area (Å²) >= 11 is 0. The normalized spacial score (nSPS) is 26.6. The highest BCUT2D eigenvalue weighted by atomic mass is 16.5. The molecule has 4 heteroatoms. The van der Waals surface area contributed by atoms with Crippen molar-refractivity contribution in [2.45, 2.75) is 64.9 Å². The van der Waals surface area contributed by atoms with E-state index in [-0.39, 0.29) is 11.2 Å². The third-order valence-corrected chi connectivity index (χ3v) is 4.24. The Balaban J connectivity index is 2.36. The minimum Gasteiger partial charge on any atom is -0.367 e. The molecule has 0 radical (unpaired) electrons. The first-order valence-corrected chi connectivity index (χ1v) is 7.84. The van der Waals surface area contributed by atoms with Gasteiger partial charge in [0.25, 0.3) is 5.56 Å². The van der Waals surface area contributed by atoms with Crippen LogP contribution in [0.2, 0.25) is 0 Å². The van der Waals surface area contributed by atoms with E-state index in [0.29, 0.717) is 6.61 Å². The fourth-order valence-electron chi connectivity index (χ4n) is 3.06. The van der Waals surface area contributed by atoms with Crippen molar-refractivity contribution in [2.24, 2.45) is 5.92 Å². The smallest absolute Gasteiger partial charge is 0.251 e. The number of nitrogens with one attached hydrogen (secondary N) is 1. The van der Waals surface area contributed by atoms with Crippen LogP contribution in [0.3, 0.4) is 0 Å². The summed E-state index contributed by atoms with van der Waals surface area (Å²) in [5.74, 6) is 1.47. The molecule has 0 aromatic carbocycles. The summed E-state index contributed by atoms with van der Waals surface area (Å²) in [6.45, 7) is 7.03. The van der Waals surface area contributed by atoms with Crippen LogP contribution in [0.25, 0.3) is 0 Å². The van der Waals surface area contributed by atoms with E-state index < -0.39 is 0 Å². The number of rotatable bonds is 5. The molecule has 112 valence electrons. The Labute approximate surface area is 121 Å². The molecule has 1 saturated carbocycles. The van der Waals surface area contributed by atoms with Crippen molar-refractivity contribution in [3.05, 3.63) is 27.9 Å². The van der Waals surface area contributed by atoms with Gasteiger partial charge in [0.1, 0.15) is 11.4 Å². The van der Waals surface area contributed by atoms with Crippen molar-refractivity contribution in [3.8, 4) is 0 Å². The fourth-order valence-corrected chi connectivity index (χ4v) is 3.06. The van der Waals surface area contributed by atoms with Crippen LogP contribution < -0.4 is 5.56 Å². The molecule has 0 saturated heterocycles. The van der Waals surface area contributed by atoms with Gasteiger partial charge < -0.3 is 9.72 Å². The maximum atomic E-state index is 11.9. The van der Waals surface area contributed by atoms with Crippen LogP contribution in [0.15, 0.2) is 10.9 Å². The van der Waals surface area contributed by atoms with Gasteiger partial charge in [0.05, 0.1) is 0 Å². The number of hydrogen-bond acceptors (Lipinski definition) is 3. The first-order chi connectivity index (χ1) is 9.59. The van der Waals surface area contributed by atoms with Crippen molar-refractivity contribution in [2.75, 3.05) is 6.61 Å². The highest BCUT2D eigenvalue weighted by Gasteiger charge is 2.39. The van der Waals surface area contributed by atoms with Gasteiger partial charge in [-0.3, -0.25) is 4.79 Å². The van der Waals surface area contributed by atoms with Crippen LogP contribution in [0.4, 0.5) is 0 Å². The topological polar surface area (TPSA) is 55.0 Å². The molecule has 0 aliphatic heterocycles. The molecule has 4 nitrogen and oxygen atoms in total. The maximum Gasteiger partial charge on any atom is 0.251 e. The van der Waals surface area contributed by atoms with E-state index in [9.17, 15) is 4.79 Å². The lowest BCUT2D eigenvalue weighted by Gasteiger charge is -2.38. The molecular weight excluding hydrogens is 252 g/mol. The van der Waals surface area contributed by atoms with Gasteiger partial charge in [0, 0.05) is 18.4 Å². The molecule has 0 bridgehead atoms. The lowest BCUT2D eigenvalue weighted by atomic mass is 9.78. The van der Waals surface area contributed by atoms with Crippen molar-refractivity contribution in [1.82, 2.24) is 9.97 Å². The number of hydrogen-bond donors (Lipinski definition) is 1. The van der Waals surface area contributed by atoms with Gasteiger partial charge in [0.2, 0.25) is 0 Å². The van der Waals surface area contributed by atoms with Gasteiger partial charge in [0.15, 0.2) is 0 Å². The third kappa shape index (κ3) is 3.29. The zero-order valence-electron chi connectivity index (χ0n) is 12.9. The van der Waals surface area contributed by atoms with E-state index >= 15 is 0 Å². The SMILES string of the molecule is CCCc1cc(=O)[nH]c(C2(OCC)CCC(C)CC2)n1. The molecule has 1 aromatic heterocycles. The molecule has 1 aromatic rings. The Morgan fingerprint density at radius 3 is 2.70 bits per heavy atom. The van der Waals surface area contributed by atoms with Gasteiger partial charge in [-0.1, -0.05) is 20.3 Å². The summed E-state index contributed by atoms with van der Waals surface area (Å²) in [5.41, 5.74) is 0.435. The number of H-pyrrole nitrogens is 1. The van der Waals surface area contributed by atoms with E-state index in [1.165, 1.54) is 0 Å². The molecule has 0 atom stereocenters. The molecule has 0 amide bonds. The van der Waals surface area contributed by atoms with Gasteiger partial charge in [-0.05, 0) is 44.9 Å². The molecular formula is C16H26N2O2. The van der Waals surface area contributed by atoms with Crippen LogP contribution in [-0.4, -0.2) is 16.6 Å². The molecule has 0 unspecified atom stereocenters. The summed E-state index contributed by atoms with van der Waals surface area (Å²) in [6.07, 6.45) is 5.98. The Hall–Kier alpha value is -1.16. The Bertz CT molecular complexity index is 487. The predicted molar refractivity (Wildman–Crippen MR) is 79.8 cm³/mol. The number of aromatic nitrogens is 2. The highest BCUT2D eigenvalue weighted by Crippen LogP contribution is 2.40.